The van der Waals surface area contributed by atoms with Gasteiger partial charge in [-0.25, -0.2) is 0 Å². The summed E-state index contributed by atoms with van der Waals surface area (Å²) in [6, 6.07) is 0. The molecule has 0 aliphatic heterocycles. The molecule has 4 nitrogen and oxygen atoms in total. The van der Waals surface area contributed by atoms with Gasteiger partial charge in [0.2, 0.25) is 0 Å². The molecule has 0 rings (SSSR count). The van der Waals surface area contributed by atoms with Crippen molar-refractivity contribution >= 4 is 8.80 Å². The van der Waals surface area contributed by atoms with Gasteiger partial charge in [-0.05, 0) is 44.8 Å². The van der Waals surface area contributed by atoms with Crippen molar-refractivity contribution in [3.63, 3.8) is 0 Å². The van der Waals surface area contributed by atoms with Crippen molar-refractivity contribution < 1.29 is 4.43 Å². The minimum absolute atomic E-state index is 0.562. The highest BCUT2D eigenvalue weighted by Gasteiger charge is 2.35. The lowest BCUT2D eigenvalue weighted by Gasteiger charge is -2.33. The van der Waals surface area contributed by atoms with Crippen molar-refractivity contribution in [3.05, 3.63) is 0 Å². The van der Waals surface area contributed by atoms with Crippen molar-refractivity contribution in [3.8, 4) is 0 Å². The molecule has 0 aromatic heterocycles. The van der Waals surface area contributed by atoms with E-state index in [4.69, 9.17) is 4.43 Å². The Hall–Kier alpha value is 0.0569. The van der Waals surface area contributed by atoms with E-state index in [2.05, 4.69) is 49.6 Å². The van der Waals surface area contributed by atoms with Gasteiger partial charge in [-0.15, -0.1) is 0 Å². The lowest BCUT2D eigenvalue weighted by Crippen LogP contribution is -2.74. The summed E-state index contributed by atoms with van der Waals surface area (Å²) in [5.41, 5.74) is 0. The van der Waals surface area contributed by atoms with Crippen LogP contribution in [0.2, 0.25) is 0 Å². The normalized spacial score (nSPS) is 12.3. The Labute approximate surface area is 115 Å². The topological polar surface area (TPSA) is 45.3 Å². The van der Waals surface area contributed by atoms with E-state index >= 15 is 0 Å². The van der Waals surface area contributed by atoms with Gasteiger partial charge in [0.15, 0.2) is 0 Å². The highest BCUT2D eigenvalue weighted by atomic mass is 28.4. The number of nitrogens with one attached hydrogen (secondary N) is 3. The molecular formula is C13H33N3OSi. The highest BCUT2D eigenvalue weighted by Crippen LogP contribution is 2.00. The fraction of sp³-hybridized carbons (Fsp3) is 1.00. The van der Waals surface area contributed by atoms with E-state index in [1.165, 1.54) is 0 Å². The quantitative estimate of drug-likeness (QED) is 0.477. The van der Waals surface area contributed by atoms with Crippen LogP contribution < -0.4 is 14.9 Å². The molecule has 110 valence electrons. The minimum atomic E-state index is -2.17. The Balaban J connectivity index is 4.51. The maximum atomic E-state index is 6.20. The molecule has 0 saturated carbocycles. The zero-order valence-electron chi connectivity index (χ0n) is 12.9. The fourth-order valence-electron chi connectivity index (χ4n) is 1.54. The SMILES string of the molecule is CCCN[Si](NCCC)(NCCC)OCC(C)C. The van der Waals surface area contributed by atoms with Crippen LogP contribution in [0.3, 0.4) is 0 Å². The van der Waals surface area contributed by atoms with Crippen LogP contribution in [-0.4, -0.2) is 35.0 Å². The zero-order valence-corrected chi connectivity index (χ0v) is 13.9. The van der Waals surface area contributed by atoms with Crippen LogP contribution in [0.15, 0.2) is 0 Å². The standard InChI is InChI=1S/C13H33N3OSi/c1-6-9-14-18(15-10-7-2,16-11-8-3)17-12-13(4)5/h13-16H,6-12H2,1-5H3. The lowest BCUT2D eigenvalue weighted by molar-refractivity contribution is 0.230. The Morgan fingerprint density at radius 2 is 1.22 bits per heavy atom. The fourth-order valence-corrected chi connectivity index (χ4v) is 4.61. The summed E-state index contributed by atoms with van der Waals surface area (Å²) in [5, 5.41) is 0. The van der Waals surface area contributed by atoms with E-state index in [-0.39, 0.29) is 0 Å². The van der Waals surface area contributed by atoms with E-state index in [0.717, 1.165) is 45.5 Å². The van der Waals surface area contributed by atoms with E-state index in [9.17, 15) is 0 Å². The summed E-state index contributed by atoms with van der Waals surface area (Å²) >= 11 is 0. The van der Waals surface area contributed by atoms with E-state index in [1.54, 1.807) is 0 Å². The molecule has 0 fully saturated rings. The Kier molecular flexibility index (Phi) is 11.0. The van der Waals surface area contributed by atoms with Crippen molar-refractivity contribution in [1.29, 1.82) is 0 Å². The minimum Gasteiger partial charge on any atom is -0.380 e. The van der Waals surface area contributed by atoms with Gasteiger partial charge in [0.05, 0.1) is 0 Å². The summed E-state index contributed by atoms with van der Waals surface area (Å²) in [4.78, 5) is 10.8. The molecule has 0 bridgehead atoms. The van der Waals surface area contributed by atoms with Gasteiger partial charge in [-0.1, -0.05) is 34.6 Å². The first-order chi connectivity index (χ1) is 8.60. The molecule has 0 aliphatic carbocycles. The van der Waals surface area contributed by atoms with E-state index in [0.29, 0.717) is 5.92 Å². The Morgan fingerprint density at radius 3 is 1.50 bits per heavy atom. The zero-order chi connectivity index (χ0) is 13.9. The second kappa shape index (κ2) is 10.9. The van der Waals surface area contributed by atoms with Crippen LogP contribution in [0, 0.1) is 5.92 Å². The van der Waals surface area contributed by atoms with Gasteiger partial charge in [0.1, 0.15) is 0 Å². The Bertz CT molecular complexity index is 169. The lowest BCUT2D eigenvalue weighted by atomic mass is 10.2. The van der Waals surface area contributed by atoms with Gasteiger partial charge < -0.3 is 4.43 Å². The molecular weight excluding hydrogens is 242 g/mol. The highest BCUT2D eigenvalue weighted by molar-refractivity contribution is 6.66. The van der Waals surface area contributed by atoms with Gasteiger partial charge >= 0.3 is 8.80 Å². The predicted molar refractivity (Wildman–Crippen MR) is 81.4 cm³/mol. The number of rotatable bonds is 12. The second-order valence-corrected chi connectivity index (χ2v) is 7.88. The first kappa shape index (κ1) is 18.1. The van der Waals surface area contributed by atoms with Crippen molar-refractivity contribution in [1.82, 2.24) is 14.9 Å². The van der Waals surface area contributed by atoms with Crippen molar-refractivity contribution in [2.24, 2.45) is 5.92 Å². The first-order valence-electron chi connectivity index (χ1n) is 7.49. The van der Waals surface area contributed by atoms with Gasteiger partial charge in [-0.2, -0.15) is 0 Å². The van der Waals surface area contributed by atoms with Crippen molar-refractivity contribution in [2.75, 3.05) is 26.2 Å². The third-order valence-electron chi connectivity index (χ3n) is 2.51. The molecule has 0 saturated heterocycles. The summed E-state index contributed by atoms with van der Waals surface area (Å²) in [7, 11) is -2.17. The average molecular weight is 276 g/mol. The second-order valence-electron chi connectivity index (χ2n) is 5.17. The van der Waals surface area contributed by atoms with Crippen LogP contribution >= 0.6 is 0 Å². The molecule has 0 aromatic rings. The molecule has 0 aromatic carbocycles. The Morgan fingerprint density at radius 1 is 0.833 bits per heavy atom. The van der Waals surface area contributed by atoms with Gasteiger partial charge in [-0.3, -0.25) is 14.9 Å². The maximum Gasteiger partial charge on any atom is 0.440 e. The molecule has 3 N–H and O–H groups in total. The van der Waals surface area contributed by atoms with Gasteiger partial charge in [0, 0.05) is 6.61 Å². The van der Waals surface area contributed by atoms with Crippen molar-refractivity contribution in [2.45, 2.75) is 53.9 Å². The maximum absolute atomic E-state index is 6.20. The van der Waals surface area contributed by atoms with E-state index < -0.39 is 8.80 Å². The summed E-state index contributed by atoms with van der Waals surface area (Å²) in [6.45, 7) is 14.7. The molecule has 18 heavy (non-hydrogen) atoms. The largest absolute Gasteiger partial charge is 0.440 e. The number of hydrogen-bond acceptors (Lipinski definition) is 4. The molecule has 0 atom stereocenters. The van der Waals surface area contributed by atoms with Gasteiger partial charge in [0.25, 0.3) is 0 Å². The van der Waals surface area contributed by atoms with E-state index in [1.807, 2.05) is 0 Å². The molecule has 0 unspecified atom stereocenters. The molecule has 0 heterocycles. The third-order valence-corrected chi connectivity index (χ3v) is 5.35. The van der Waals surface area contributed by atoms with Crippen LogP contribution in [-0.2, 0) is 4.43 Å². The molecule has 0 aliphatic rings. The average Bonchev–Trinajstić information content (AvgIpc) is 2.37. The molecule has 5 heteroatoms. The molecule has 0 amide bonds. The first-order valence-corrected chi connectivity index (χ1v) is 9.40. The molecule has 0 spiro atoms. The summed E-state index contributed by atoms with van der Waals surface area (Å²) in [6.07, 6.45) is 3.38. The van der Waals surface area contributed by atoms with Crippen LogP contribution in [0.1, 0.15) is 53.9 Å². The monoisotopic (exact) mass is 275 g/mol. The van der Waals surface area contributed by atoms with Crippen LogP contribution in [0.4, 0.5) is 0 Å². The molecule has 0 radical (unpaired) electrons. The number of hydrogen-bond donors (Lipinski definition) is 3. The van der Waals surface area contributed by atoms with Crippen LogP contribution in [0.25, 0.3) is 0 Å². The predicted octanol–water partition coefficient (Wildman–Crippen LogP) is 2.09. The summed E-state index contributed by atoms with van der Waals surface area (Å²) < 4.78 is 6.20. The third kappa shape index (κ3) is 8.21. The van der Waals surface area contributed by atoms with Crippen LogP contribution in [0.5, 0.6) is 0 Å². The smallest absolute Gasteiger partial charge is 0.380 e. The summed E-state index contributed by atoms with van der Waals surface area (Å²) in [5.74, 6) is 0.562.